The number of hydrogen-bond acceptors (Lipinski definition) is 6. The first-order chi connectivity index (χ1) is 13.1. The average molecular weight is 401 g/mol. The summed E-state index contributed by atoms with van der Waals surface area (Å²) in [6, 6.07) is 15.6. The van der Waals surface area contributed by atoms with Crippen molar-refractivity contribution in [2.45, 2.75) is 4.90 Å². The average Bonchev–Trinajstić information content (AvgIpc) is 3.08. The fourth-order valence-corrected chi connectivity index (χ4v) is 3.16. The Morgan fingerprint density at radius 3 is 2.85 bits per heavy atom. The number of para-hydroxylation sites is 1. The lowest BCUT2D eigenvalue weighted by molar-refractivity contribution is -0.119. The smallest absolute Gasteiger partial charge is 0.374 e. The Morgan fingerprint density at radius 1 is 1.22 bits per heavy atom. The van der Waals surface area contributed by atoms with E-state index in [2.05, 4.69) is 5.32 Å². The maximum atomic E-state index is 12.1. The molecule has 1 aromatic heterocycles. The summed E-state index contributed by atoms with van der Waals surface area (Å²) in [6.45, 7) is -0.464. The maximum absolute atomic E-state index is 12.1. The molecule has 1 heterocycles. The Balaban J connectivity index is 1.60. The van der Waals surface area contributed by atoms with Crippen molar-refractivity contribution in [2.24, 2.45) is 0 Å². The summed E-state index contributed by atoms with van der Waals surface area (Å²) in [5.41, 5.74) is 1.05. The van der Waals surface area contributed by atoms with E-state index in [1.54, 1.807) is 36.4 Å². The highest BCUT2D eigenvalue weighted by molar-refractivity contribution is 7.99. The molecule has 0 aliphatic heterocycles. The van der Waals surface area contributed by atoms with Gasteiger partial charge in [0.2, 0.25) is 5.76 Å². The summed E-state index contributed by atoms with van der Waals surface area (Å²) in [5, 5.41) is 12.5. The maximum Gasteiger partial charge on any atom is 0.374 e. The van der Waals surface area contributed by atoms with E-state index in [1.165, 1.54) is 17.8 Å². The number of amides is 1. The fourth-order valence-electron chi connectivity index (χ4n) is 2.31. The van der Waals surface area contributed by atoms with E-state index in [4.69, 9.17) is 26.0 Å². The molecule has 0 aliphatic carbocycles. The Morgan fingerprint density at radius 2 is 2.04 bits per heavy atom. The van der Waals surface area contributed by atoms with Crippen LogP contribution in [-0.4, -0.2) is 24.2 Å². The highest BCUT2D eigenvalue weighted by atomic mass is 35.5. The van der Waals surface area contributed by atoms with Crippen molar-refractivity contribution >= 4 is 51.9 Å². The molecule has 0 unspecified atom stereocenters. The number of ether oxygens (including phenoxy) is 1. The molecule has 0 radical (unpaired) electrons. The standard InChI is InChI=1S/C19H13ClN2O4S/c20-13-5-6-15-12(9-13)10-16(26-15)19(24)25-11-18(23)22-14-3-1-2-4-17(14)27-8-7-21/h1-6,9-10H,8,11H2,(H,22,23). The van der Waals surface area contributed by atoms with Gasteiger partial charge in [0, 0.05) is 15.3 Å². The monoisotopic (exact) mass is 400 g/mol. The zero-order valence-corrected chi connectivity index (χ0v) is 15.5. The zero-order valence-electron chi connectivity index (χ0n) is 13.9. The van der Waals surface area contributed by atoms with Crippen molar-refractivity contribution in [2.75, 3.05) is 17.7 Å². The molecular formula is C19H13ClN2O4S. The van der Waals surface area contributed by atoms with Crippen molar-refractivity contribution in [1.29, 1.82) is 5.26 Å². The molecule has 3 aromatic rings. The molecule has 1 amide bonds. The number of thioether (sulfide) groups is 1. The van der Waals surface area contributed by atoms with Crippen LogP contribution in [0, 0.1) is 11.3 Å². The quantitative estimate of drug-likeness (QED) is 0.483. The van der Waals surface area contributed by atoms with Gasteiger partial charge in [-0.1, -0.05) is 23.7 Å². The van der Waals surface area contributed by atoms with Crippen LogP contribution in [0.25, 0.3) is 11.0 Å². The van der Waals surface area contributed by atoms with Crippen LogP contribution in [-0.2, 0) is 9.53 Å². The first-order valence-corrected chi connectivity index (χ1v) is 9.18. The Kier molecular flexibility index (Phi) is 6.01. The number of halogens is 1. The predicted octanol–water partition coefficient (Wildman–Crippen LogP) is 4.50. The zero-order chi connectivity index (χ0) is 19.2. The van der Waals surface area contributed by atoms with E-state index >= 15 is 0 Å². The first kappa shape index (κ1) is 18.8. The second kappa shape index (κ2) is 8.62. The normalized spacial score (nSPS) is 10.4. The van der Waals surface area contributed by atoms with E-state index in [1.807, 2.05) is 12.1 Å². The highest BCUT2D eigenvalue weighted by Gasteiger charge is 2.16. The SMILES string of the molecule is N#CCSc1ccccc1NC(=O)COC(=O)c1cc2cc(Cl)ccc2o1. The van der Waals surface area contributed by atoms with Gasteiger partial charge in [0.1, 0.15) is 5.58 Å². The summed E-state index contributed by atoms with van der Waals surface area (Å²) >= 11 is 7.21. The summed E-state index contributed by atoms with van der Waals surface area (Å²) in [6.07, 6.45) is 0. The molecule has 1 N–H and O–H groups in total. The van der Waals surface area contributed by atoms with Gasteiger partial charge in [-0.2, -0.15) is 5.26 Å². The van der Waals surface area contributed by atoms with Gasteiger partial charge in [0.05, 0.1) is 17.5 Å². The molecular weight excluding hydrogens is 388 g/mol. The molecule has 2 aromatic carbocycles. The number of fused-ring (bicyclic) bond motifs is 1. The Labute approximate surface area is 164 Å². The fraction of sp³-hybridized carbons (Fsp3) is 0.105. The Hall–Kier alpha value is -2.95. The molecule has 0 spiro atoms. The van der Waals surface area contributed by atoms with E-state index < -0.39 is 18.5 Å². The lowest BCUT2D eigenvalue weighted by atomic mass is 10.2. The van der Waals surface area contributed by atoms with Crippen LogP contribution in [0.2, 0.25) is 5.02 Å². The van der Waals surface area contributed by atoms with Crippen molar-refractivity contribution < 1.29 is 18.7 Å². The molecule has 136 valence electrons. The van der Waals surface area contributed by atoms with E-state index in [0.717, 1.165) is 4.90 Å². The van der Waals surface area contributed by atoms with Gasteiger partial charge >= 0.3 is 5.97 Å². The number of anilines is 1. The van der Waals surface area contributed by atoms with Crippen molar-refractivity contribution in [3.63, 3.8) is 0 Å². The van der Waals surface area contributed by atoms with Gasteiger partial charge in [-0.3, -0.25) is 4.79 Å². The molecule has 0 aliphatic rings. The van der Waals surface area contributed by atoms with Gasteiger partial charge in [-0.25, -0.2) is 4.79 Å². The molecule has 6 nitrogen and oxygen atoms in total. The number of benzene rings is 2. The van der Waals surface area contributed by atoms with Gasteiger partial charge < -0.3 is 14.5 Å². The molecule has 0 fully saturated rings. The third-order valence-corrected chi connectivity index (χ3v) is 4.64. The number of carbonyl (C=O) groups excluding carboxylic acids is 2. The van der Waals surface area contributed by atoms with Crippen LogP contribution in [0.5, 0.6) is 0 Å². The van der Waals surface area contributed by atoms with Crippen LogP contribution in [0.4, 0.5) is 5.69 Å². The minimum absolute atomic E-state index is 0.00922. The predicted molar refractivity (Wildman–Crippen MR) is 103 cm³/mol. The third-order valence-electron chi connectivity index (χ3n) is 3.47. The van der Waals surface area contributed by atoms with Crippen LogP contribution in [0.15, 0.2) is 57.8 Å². The molecule has 0 bridgehead atoms. The van der Waals surface area contributed by atoms with Crippen LogP contribution in [0.1, 0.15) is 10.6 Å². The second-order valence-corrected chi connectivity index (χ2v) is 6.81. The number of esters is 1. The van der Waals surface area contributed by atoms with Gasteiger partial charge in [-0.05, 0) is 36.4 Å². The first-order valence-electron chi connectivity index (χ1n) is 7.81. The van der Waals surface area contributed by atoms with Gasteiger partial charge in [0.15, 0.2) is 6.61 Å². The minimum atomic E-state index is -0.746. The lowest BCUT2D eigenvalue weighted by Crippen LogP contribution is -2.21. The van der Waals surface area contributed by atoms with Gasteiger partial charge in [-0.15, -0.1) is 11.8 Å². The van der Waals surface area contributed by atoms with Crippen molar-refractivity contribution in [3.05, 3.63) is 59.3 Å². The molecule has 0 saturated carbocycles. The highest BCUT2D eigenvalue weighted by Crippen LogP contribution is 2.26. The molecule has 8 heteroatoms. The van der Waals surface area contributed by atoms with E-state index in [-0.39, 0.29) is 11.5 Å². The molecule has 3 rings (SSSR count). The largest absolute Gasteiger partial charge is 0.450 e. The van der Waals surface area contributed by atoms with Crippen LogP contribution < -0.4 is 5.32 Å². The molecule has 27 heavy (non-hydrogen) atoms. The number of carbonyl (C=O) groups is 2. The number of rotatable bonds is 6. The number of nitrogens with zero attached hydrogens (tertiary/aromatic N) is 1. The van der Waals surface area contributed by atoms with Crippen LogP contribution in [0.3, 0.4) is 0 Å². The number of furan rings is 1. The summed E-state index contributed by atoms with van der Waals surface area (Å²) in [7, 11) is 0. The number of nitrogens with one attached hydrogen (secondary N) is 1. The van der Waals surface area contributed by atoms with Crippen molar-refractivity contribution in [1.82, 2.24) is 0 Å². The second-order valence-electron chi connectivity index (χ2n) is 5.36. The van der Waals surface area contributed by atoms with E-state index in [0.29, 0.717) is 21.7 Å². The summed E-state index contributed by atoms with van der Waals surface area (Å²) in [5.74, 6) is -0.986. The van der Waals surface area contributed by atoms with Crippen molar-refractivity contribution in [3.8, 4) is 6.07 Å². The third kappa shape index (κ3) is 4.82. The molecule has 0 atom stereocenters. The van der Waals surface area contributed by atoms with Crippen LogP contribution >= 0.6 is 23.4 Å². The topological polar surface area (TPSA) is 92.3 Å². The minimum Gasteiger partial charge on any atom is -0.450 e. The Bertz CT molecular complexity index is 1040. The lowest BCUT2D eigenvalue weighted by Gasteiger charge is -2.09. The molecule has 0 saturated heterocycles. The summed E-state index contributed by atoms with van der Waals surface area (Å²) in [4.78, 5) is 24.9. The number of hydrogen-bond donors (Lipinski definition) is 1. The van der Waals surface area contributed by atoms with Gasteiger partial charge in [0.25, 0.3) is 5.91 Å². The van der Waals surface area contributed by atoms with E-state index in [9.17, 15) is 9.59 Å². The summed E-state index contributed by atoms with van der Waals surface area (Å²) < 4.78 is 10.4. The number of nitriles is 1.